The summed E-state index contributed by atoms with van der Waals surface area (Å²) in [6, 6.07) is 10.4. The molecule has 0 spiro atoms. The third kappa shape index (κ3) is 3.98. The third-order valence-electron chi connectivity index (χ3n) is 5.35. The van der Waals surface area contributed by atoms with Gasteiger partial charge in [0, 0.05) is 44.3 Å². The minimum atomic E-state index is -0.144. The van der Waals surface area contributed by atoms with E-state index in [1.54, 1.807) is 11.8 Å². The number of hydrogen-bond donors (Lipinski definition) is 0. The first-order chi connectivity index (χ1) is 13.2. The molecule has 0 unspecified atom stereocenters. The number of piperazine rings is 1. The molecule has 1 aliphatic carbocycles. The number of nitrogens with zero attached hydrogens (tertiary/aromatic N) is 5. The van der Waals surface area contributed by atoms with Crippen LogP contribution >= 0.6 is 11.8 Å². The van der Waals surface area contributed by atoms with Gasteiger partial charge in [0.1, 0.15) is 5.82 Å². The van der Waals surface area contributed by atoms with Gasteiger partial charge in [0.2, 0.25) is 5.91 Å². The maximum absolute atomic E-state index is 12.9. The molecule has 7 heteroatoms. The van der Waals surface area contributed by atoms with Gasteiger partial charge in [-0.25, -0.2) is 0 Å². The molecule has 1 saturated carbocycles. The van der Waals surface area contributed by atoms with E-state index < -0.39 is 0 Å². The van der Waals surface area contributed by atoms with Crippen LogP contribution < -0.4 is 4.90 Å². The zero-order valence-electron chi connectivity index (χ0n) is 16.0. The SMILES string of the molecule is CCn1c(S[C@H](C)C(=O)N2CCN(c3ccccc3)CC2)nnc1C1CC1. The van der Waals surface area contributed by atoms with E-state index in [2.05, 4.69) is 50.9 Å². The lowest BCUT2D eigenvalue weighted by molar-refractivity contribution is -0.130. The van der Waals surface area contributed by atoms with Crippen molar-refractivity contribution in [2.45, 2.75) is 49.6 Å². The maximum Gasteiger partial charge on any atom is 0.236 e. The smallest absolute Gasteiger partial charge is 0.236 e. The second kappa shape index (κ2) is 7.92. The summed E-state index contributed by atoms with van der Waals surface area (Å²) in [5, 5.41) is 9.48. The molecular formula is C20H27N5OS. The molecule has 2 aromatic rings. The summed E-state index contributed by atoms with van der Waals surface area (Å²) in [5.74, 6) is 1.87. The lowest BCUT2D eigenvalue weighted by Gasteiger charge is -2.37. The van der Waals surface area contributed by atoms with Gasteiger partial charge in [-0.3, -0.25) is 4.79 Å². The molecule has 1 aliphatic heterocycles. The fraction of sp³-hybridized carbons (Fsp3) is 0.550. The molecule has 0 N–H and O–H groups in total. The number of carbonyl (C=O) groups is 1. The summed E-state index contributed by atoms with van der Waals surface area (Å²) in [6.07, 6.45) is 2.42. The highest BCUT2D eigenvalue weighted by Crippen LogP contribution is 2.40. The summed E-state index contributed by atoms with van der Waals surface area (Å²) in [4.78, 5) is 17.3. The first-order valence-electron chi connectivity index (χ1n) is 9.86. The summed E-state index contributed by atoms with van der Waals surface area (Å²) >= 11 is 1.54. The molecule has 2 fully saturated rings. The minimum Gasteiger partial charge on any atom is -0.368 e. The first-order valence-corrected chi connectivity index (χ1v) is 10.7. The van der Waals surface area contributed by atoms with Gasteiger partial charge in [0.25, 0.3) is 0 Å². The van der Waals surface area contributed by atoms with Crippen LogP contribution in [-0.4, -0.2) is 57.0 Å². The number of amides is 1. The highest BCUT2D eigenvalue weighted by Gasteiger charge is 2.31. The quantitative estimate of drug-likeness (QED) is 0.716. The van der Waals surface area contributed by atoms with Crippen LogP contribution in [0, 0.1) is 0 Å². The monoisotopic (exact) mass is 385 g/mol. The Bertz CT molecular complexity index is 781. The number of aromatic nitrogens is 3. The number of thioether (sulfide) groups is 1. The summed E-state index contributed by atoms with van der Waals surface area (Å²) < 4.78 is 2.18. The number of benzene rings is 1. The van der Waals surface area contributed by atoms with Gasteiger partial charge in [-0.15, -0.1) is 10.2 Å². The minimum absolute atomic E-state index is 0.144. The van der Waals surface area contributed by atoms with Crippen LogP contribution in [0.2, 0.25) is 0 Å². The van der Waals surface area contributed by atoms with Crippen molar-refractivity contribution >= 4 is 23.4 Å². The Morgan fingerprint density at radius 3 is 2.48 bits per heavy atom. The second-order valence-corrected chi connectivity index (χ2v) is 8.58. The van der Waals surface area contributed by atoms with Crippen LogP contribution in [0.1, 0.15) is 38.4 Å². The van der Waals surface area contributed by atoms with E-state index in [4.69, 9.17) is 0 Å². The molecule has 0 radical (unpaired) electrons. The zero-order valence-corrected chi connectivity index (χ0v) is 16.9. The standard InChI is InChI=1S/C20H27N5OS/c1-3-25-18(16-9-10-16)21-22-20(25)27-15(2)19(26)24-13-11-23(12-14-24)17-7-5-4-6-8-17/h4-8,15-16H,3,9-14H2,1-2H3/t15-/m1/s1. The lowest BCUT2D eigenvalue weighted by atomic mass is 10.2. The van der Waals surface area contributed by atoms with E-state index in [0.717, 1.165) is 43.7 Å². The topological polar surface area (TPSA) is 54.3 Å². The van der Waals surface area contributed by atoms with Crippen molar-refractivity contribution < 1.29 is 4.79 Å². The van der Waals surface area contributed by atoms with E-state index in [0.29, 0.717) is 5.92 Å². The Kier molecular flexibility index (Phi) is 5.38. The van der Waals surface area contributed by atoms with Gasteiger partial charge in [-0.2, -0.15) is 0 Å². The molecule has 1 amide bonds. The first kappa shape index (κ1) is 18.3. The van der Waals surface area contributed by atoms with Crippen molar-refractivity contribution in [3.8, 4) is 0 Å². The molecule has 6 nitrogen and oxygen atoms in total. The lowest BCUT2D eigenvalue weighted by Crippen LogP contribution is -2.50. The van der Waals surface area contributed by atoms with Crippen molar-refractivity contribution in [1.82, 2.24) is 19.7 Å². The van der Waals surface area contributed by atoms with Gasteiger partial charge in [0.05, 0.1) is 5.25 Å². The van der Waals surface area contributed by atoms with Gasteiger partial charge in [-0.1, -0.05) is 30.0 Å². The number of para-hydroxylation sites is 1. The molecule has 4 rings (SSSR count). The van der Waals surface area contributed by atoms with Gasteiger partial charge < -0.3 is 14.4 Å². The molecule has 2 heterocycles. The molecular weight excluding hydrogens is 358 g/mol. The largest absolute Gasteiger partial charge is 0.368 e. The van der Waals surface area contributed by atoms with Crippen molar-refractivity contribution in [2.75, 3.05) is 31.1 Å². The summed E-state index contributed by atoms with van der Waals surface area (Å²) in [6.45, 7) is 8.27. The van der Waals surface area contributed by atoms with Crippen LogP contribution in [0.15, 0.2) is 35.5 Å². The molecule has 1 aromatic heterocycles. The Hall–Kier alpha value is -2.02. The van der Waals surface area contributed by atoms with Gasteiger partial charge in [0.15, 0.2) is 5.16 Å². The summed E-state index contributed by atoms with van der Waals surface area (Å²) in [7, 11) is 0. The van der Waals surface area contributed by atoms with Gasteiger partial charge >= 0.3 is 0 Å². The number of carbonyl (C=O) groups excluding carboxylic acids is 1. The molecule has 0 bridgehead atoms. The number of rotatable bonds is 6. The Morgan fingerprint density at radius 2 is 1.85 bits per heavy atom. The molecule has 27 heavy (non-hydrogen) atoms. The molecule has 1 aromatic carbocycles. The highest BCUT2D eigenvalue weighted by atomic mass is 32.2. The van der Waals surface area contributed by atoms with Crippen LogP contribution in [0.3, 0.4) is 0 Å². The van der Waals surface area contributed by atoms with Crippen LogP contribution in [0.5, 0.6) is 0 Å². The van der Waals surface area contributed by atoms with Crippen LogP contribution in [0.25, 0.3) is 0 Å². The third-order valence-corrected chi connectivity index (χ3v) is 6.41. The molecule has 1 saturated heterocycles. The number of hydrogen-bond acceptors (Lipinski definition) is 5. The van der Waals surface area contributed by atoms with E-state index in [-0.39, 0.29) is 11.2 Å². The highest BCUT2D eigenvalue weighted by molar-refractivity contribution is 8.00. The molecule has 2 aliphatic rings. The number of anilines is 1. The average Bonchev–Trinajstić information content (AvgIpc) is 3.49. The van der Waals surface area contributed by atoms with Gasteiger partial charge in [-0.05, 0) is 38.8 Å². The Labute approximate surface area is 164 Å². The van der Waals surface area contributed by atoms with Crippen molar-refractivity contribution in [3.63, 3.8) is 0 Å². The van der Waals surface area contributed by atoms with Crippen molar-refractivity contribution in [3.05, 3.63) is 36.2 Å². The fourth-order valence-electron chi connectivity index (χ4n) is 3.62. The Morgan fingerprint density at radius 1 is 1.15 bits per heavy atom. The average molecular weight is 386 g/mol. The zero-order chi connectivity index (χ0) is 18.8. The summed E-state index contributed by atoms with van der Waals surface area (Å²) in [5.41, 5.74) is 1.23. The maximum atomic E-state index is 12.9. The predicted octanol–water partition coefficient (Wildman–Crippen LogP) is 3.00. The van der Waals surface area contributed by atoms with Crippen LogP contribution in [0.4, 0.5) is 5.69 Å². The molecule has 1 atom stereocenters. The van der Waals surface area contributed by atoms with E-state index in [1.165, 1.54) is 18.5 Å². The van der Waals surface area contributed by atoms with Crippen molar-refractivity contribution in [1.29, 1.82) is 0 Å². The normalized spacial score (nSPS) is 18.6. The van der Waals surface area contributed by atoms with E-state index in [1.807, 2.05) is 17.9 Å². The Balaban J connectivity index is 1.35. The van der Waals surface area contributed by atoms with Crippen LogP contribution in [-0.2, 0) is 11.3 Å². The molecule has 144 valence electrons. The predicted molar refractivity (Wildman–Crippen MR) is 108 cm³/mol. The van der Waals surface area contributed by atoms with E-state index in [9.17, 15) is 4.79 Å². The van der Waals surface area contributed by atoms with Crippen molar-refractivity contribution in [2.24, 2.45) is 0 Å². The van der Waals surface area contributed by atoms with E-state index >= 15 is 0 Å². The second-order valence-electron chi connectivity index (χ2n) is 7.27. The fourth-order valence-corrected chi connectivity index (χ4v) is 4.62.